The maximum absolute atomic E-state index is 13.8. The Balaban J connectivity index is 1.48. The van der Waals surface area contributed by atoms with E-state index in [0.29, 0.717) is 11.6 Å². The molecule has 3 nitrogen and oxygen atoms in total. The van der Waals surface area contributed by atoms with Gasteiger partial charge in [-0.15, -0.1) is 0 Å². The van der Waals surface area contributed by atoms with Crippen LogP contribution in [0.15, 0.2) is 18.2 Å². The minimum atomic E-state index is -0.533. The van der Waals surface area contributed by atoms with Crippen LogP contribution in [-0.4, -0.2) is 11.9 Å². The second-order valence-corrected chi connectivity index (χ2v) is 6.97. The van der Waals surface area contributed by atoms with Crippen molar-refractivity contribution in [3.8, 4) is 0 Å². The molecule has 2 bridgehead atoms. The zero-order valence-corrected chi connectivity index (χ0v) is 12.0. The molecular weight excluding hydrogens is 267 g/mol. The zero-order chi connectivity index (χ0) is 14.6. The Bertz CT molecular complexity index is 588. The lowest BCUT2D eigenvalue weighted by Gasteiger charge is -2.32. The number of amides is 1. The first-order valence-corrected chi connectivity index (χ1v) is 7.99. The van der Waals surface area contributed by atoms with Crippen LogP contribution < -0.4 is 11.1 Å². The highest BCUT2D eigenvalue weighted by Gasteiger charge is 2.54. The van der Waals surface area contributed by atoms with E-state index in [1.807, 2.05) is 0 Å². The van der Waals surface area contributed by atoms with Gasteiger partial charge in [-0.25, -0.2) is 4.39 Å². The number of anilines is 1. The molecule has 0 aromatic heterocycles. The average Bonchev–Trinajstić information content (AvgIpc) is 3.09. The molecule has 5 atom stereocenters. The summed E-state index contributed by atoms with van der Waals surface area (Å²) < 4.78 is 13.8. The molecule has 3 fully saturated rings. The summed E-state index contributed by atoms with van der Waals surface area (Å²) in [5, 5.41) is 3.08. The fraction of sp³-hybridized carbons (Fsp3) is 0.588. The van der Waals surface area contributed by atoms with E-state index in [0.717, 1.165) is 24.2 Å². The fourth-order valence-corrected chi connectivity index (χ4v) is 5.20. The molecule has 1 aromatic rings. The quantitative estimate of drug-likeness (QED) is 0.822. The maximum Gasteiger partial charge on any atom is 0.254 e. The summed E-state index contributed by atoms with van der Waals surface area (Å²) in [6, 6.07) is 4.50. The normalized spacial score (nSPS) is 36.7. The van der Waals surface area contributed by atoms with Crippen LogP contribution in [0.5, 0.6) is 0 Å². The third-order valence-electron chi connectivity index (χ3n) is 5.98. The van der Waals surface area contributed by atoms with Gasteiger partial charge in [-0.05, 0) is 67.6 Å². The Morgan fingerprint density at radius 3 is 2.81 bits per heavy atom. The molecular formula is C17H21FN2O. The number of benzene rings is 1. The van der Waals surface area contributed by atoms with E-state index in [9.17, 15) is 9.18 Å². The average molecular weight is 288 g/mol. The summed E-state index contributed by atoms with van der Waals surface area (Å²) in [5.74, 6) is 2.27. The standard InChI is InChI=1S/C17H21FN2O/c18-15-8-10(19)4-5-13(15)17(21)20-16-7-9-6-14(16)12-3-1-2-11(9)12/h4-5,8-9,11-12,14,16H,1-3,6-7,19H2,(H,20,21). The Hall–Kier alpha value is -1.58. The second-order valence-electron chi connectivity index (χ2n) is 6.97. The zero-order valence-electron chi connectivity index (χ0n) is 12.0. The van der Waals surface area contributed by atoms with Crippen molar-refractivity contribution in [1.29, 1.82) is 0 Å². The van der Waals surface area contributed by atoms with E-state index >= 15 is 0 Å². The number of rotatable bonds is 2. The topological polar surface area (TPSA) is 55.1 Å². The van der Waals surface area contributed by atoms with E-state index in [2.05, 4.69) is 5.32 Å². The summed E-state index contributed by atoms with van der Waals surface area (Å²) in [7, 11) is 0. The first kappa shape index (κ1) is 13.1. The van der Waals surface area contributed by atoms with E-state index in [1.165, 1.54) is 37.8 Å². The molecule has 5 unspecified atom stereocenters. The smallest absolute Gasteiger partial charge is 0.254 e. The molecule has 3 saturated carbocycles. The third-order valence-corrected chi connectivity index (χ3v) is 5.98. The van der Waals surface area contributed by atoms with E-state index < -0.39 is 5.82 Å². The Morgan fingerprint density at radius 2 is 2.00 bits per heavy atom. The molecule has 1 aromatic carbocycles. The molecule has 112 valence electrons. The van der Waals surface area contributed by atoms with E-state index in [4.69, 9.17) is 5.73 Å². The van der Waals surface area contributed by atoms with Crippen LogP contribution in [0.3, 0.4) is 0 Å². The van der Waals surface area contributed by atoms with Gasteiger partial charge in [0, 0.05) is 11.7 Å². The Morgan fingerprint density at radius 1 is 1.19 bits per heavy atom. The van der Waals surface area contributed by atoms with Gasteiger partial charge in [0.25, 0.3) is 5.91 Å². The lowest BCUT2D eigenvalue weighted by Crippen LogP contribution is -2.42. The molecule has 4 heteroatoms. The Kier molecular flexibility index (Phi) is 2.95. The fourth-order valence-electron chi connectivity index (χ4n) is 5.20. The molecule has 0 heterocycles. The molecule has 0 saturated heterocycles. The highest BCUT2D eigenvalue weighted by Crippen LogP contribution is 2.58. The monoisotopic (exact) mass is 288 g/mol. The van der Waals surface area contributed by atoms with Crippen LogP contribution in [0.25, 0.3) is 0 Å². The first-order valence-electron chi connectivity index (χ1n) is 7.99. The highest BCUT2D eigenvalue weighted by molar-refractivity contribution is 5.95. The van der Waals surface area contributed by atoms with Gasteiger partial charge in [-0.1, -0.05) is 6.42 Å². The van der Waals surface area contributed by atoms with Gasteiger partial charge < -0.3 is 11.1 Å². The number of halogens is 1. The van der Waals surface area contributed by atoms with E-state index in [1.54, 1.807) is 6.07 Å². The van der Waals surface area contributed by atoms with Gasteiger partial charge in [0.15, 0.2) is 0 Å². The lowest BCUT2D eigenvalue weighted by molar-refractivity contribution is 0.0897. The van der Waals surface area contributed by atoms with Gasteiger partial charge in [0.1, 0.15) is 5.82 Å². The van der Waals surface area contributed by atoms with Crippen LogP contribution in [0.1, 0.15) is 42.5 Å². The molecule has 0 spiro atoms. The van der Waals surface area contributed by atoms with Gasteiger partial charge in [0.05, 0.1) is 5.56 Å². The summed E-state index contributed by atoms with van der Waals surface area (Å²) >= 11 is 0. The van der Waals surface area contributed by atoms with Crippen molar-refractivity contribution in [2.45, 2.75) is 38.1 Å². The third kappa shape index (κ3) is 2.03. The lowest BCUT2D eigenvalue weighted by atomic mass is 9.79. The Labute approximate surface area is 124 Å². The van der Waals surface area contributed by atoms with Gasteiger partial charge in [-0.2, -0.15) is 0 Å². The number of nitrogen functional groups attached to an aromatic ring is 1. The number of carbonyl (C=O) groups excluding carboxylic acids is 1. The molecule has 4 rings (SSSR count). The molecule has 21 heavy (non-hydrogen) atoms. The first-order chi connectivity index (χ1) is 10.1. The number of nitrogens with two attached hydrogens (primary N) is 1. The van der Waals surface area contributed by atoms with Crippen LogP contribution in [-0.2, 0) is 0 Å². The summed E-state index contributed by atoms with van der Waals surface area (Å²) in [5.41, 5.74) is 5.98. The summed E-state index contributed by atoms with van der Waals surface area (Å²) in [6.07, 6.45) is 6.36. The molecule has 0 aliphatic heterocycles. The van der Waals surface area contributed by atoms with Crippen LogP contribution >= 0.6 is 0 Å². The number of hydrogen-bond acceptors (Lipinski definition) is 2. The second kappa shape index (κ2) is 4.72. The SMILES string of the molecule is Nc1ccc(C(=O)NC2CC3CC2C2CCCC32)c(F)c1. The van der Waals surface area contributed by atoms with Crippen molar-refractivity contribution < 1.29 is 9.18 Å². The minimum Gasteiger partial charge on any atom is -0.399 e. The van der Waals surface area contributed by atoms with Gasteiger partial charge in [0.2, 0.25) is 0 Å². The molecule has 3 aliphatic carbocycles. The van der Waals surface area contributed by atoms with Crippen LogP contribution in [0, 0.1) is 29.5 Å². The van der Waals surface area contributed by atoms with Crippen LogP contribution in [0.2, 0.25) is 0 Å². The largest absolute Gasteiger partial charge is 0.399 e. The highest BCUT2D eigenvalue weighted by atomic mass is 19.1. The van der Waals surface area contributed by atoms with Crippen molar-refractivity contribution in [1.82, 2.24) is 5.32 Å². The number of nitrogens with one attached hydrogen (secondary N) is 1. The van der Waals surface area contributed by atoms with Crippen molar-refractivity contribution >= 4 is 11.6 Å². The van der Waals surface area contributed by atoms with Gasteiger partial charge >= 0.3 is 0 Å². The predicted molar refractivity (Wildman–Crippen MR) is 79.1 cm³/mol. The van der Waals surface area contributed by atoms with Crippen LogP contribution in [0.4, 0.5) is 10.1 Å². The van der Waals surface area contributed by atoms with Crippen molar-refractivity contribution in [3.05, 3.63) is 29.6 Å². The van der Waals surface area contributed by atoms with Gasteiger partial charge in [-0.3, -0.25) is 4.79 Å². The van der Waals surface area contributed by atoms with E-state index in [-0.39, 0.29) is 17.5 Å². The molecule has 0 radical (unpaired) electrons. The maximum atomic E-state index is 13.8. The van der Waals surface area contributed by atoms with Crippen molar-refractivity contribution in [2.75, 3.05) is 5.73 Å². The molecule has 3 N–H and O–H groups in total. The number of fused-ring (bicyclic) bond motifs is 5. The number of hydrogen-bond donors (Lipinski definition) is 2. The minimum absolute atomic E-state index is 0.106. The summed E-state index contributed by atoms with van der Waals surface area (Å²) in [6.45, 7) is 0. The molecule has 3 aliphatic rings. The molecule has 1 amide bonds. The summed E-state index contributed by atoms with van der Waals surface area (Å²) in [4.78, 5) is 12.3. The number of carbonyl (C=O) groups is 1. The van der Waals surface area contributed by atoms with Crippen molar-refractivity contribution in [3.63, 3.8) is 0 Å². The van der Waals surface area contributed by atoms with Crippen molar-refractivity contribution in [2.24, 2.45) is 23.7 Å². The predicted octanol–water partition coefficient (Wildman–Crippen LogP) is 2.96.